The van der Waals surface area contributed by atoms with Gasteiger partial charge in [0.1, 0.15) is 0 Å². The molecule has 0 N–H and O–H groups in total. The van der Waals surface area contributed by atoms with Crippen LogP contribution in [0.2, 0.25) is 0 Å². The molecule has 2 saturated heterocycles. The Balaban J connectivity index is 1.54. The number of nitrogens with zero attached hydrogens (tertiary/aromatic N) is 2. The van der Waals surface area contributed by atoms with E-state index in [0.29, 0.717) is 13.1 Å². The van der Waals surface area contributed by atoms with E-state index in [1.165, 1.54) is 0 Å². The number of amides is 1. The zero-order valence-corrected chi connectivity index (χ0v) is 13.6. The fraction of sp³-hybridized carbons (Fsp3) is 0.824. The Morgan fingerprint density at radius 1 is 1.26 bits per heavy atom. The van der Waals surface area contributed by atoms with Crippen molar-refractivity contribution < 1.29 is 18.3 Å². The zero-order chi connectivity index (χ0) is 16.5. The van der Waals surface area contributed by atoms with E-state index in [1.807, 2.05) is 6.08 Å². The molecule has 0 atom stereocenters. The van der Waals surface area contributed by atoms with E-state index >= 15 is 0 Å². The van der Waals surface area contributed by atoms with E-state index < -0.39 is 11.8 Å². The SMILES string of the molecule is C=CCN1CCOCC2(CCN(C(=O)C3CC(F)(F)C3)CC2)C1. The molecular weight excluding hydrogens is 302 g/mol. The number of hydrogen-bond acceptors (Lipinski definition) is 3. The van der Waals surface area contributed by atoms with Gasteiger partial charge in [0.05, 0.1) is 13.2 Å². The maximum Gasteiger partial charge on any atom is 0.249 e. The van der Waals surface area contributed by atoms with Gasteiger partial charge in [0.2, 0.25) is 11.8 Å². The number of carbonyl (C=O) groups is 1. The molecule has 130 valence electrons. The van der Waals surface area contributed by atoms with Crippen LogP contribution in [0.5, 0.6) is 0 Å². The summed E-state index contributed by atoms with van der Waals surface area (Å²) in [6.07, 6.45) is 3.13. The fourth-order valence-corrected chi connectivity index (χ4v) is 4.02. The van der Waals surface area contributed by atoms with Crippen LogP contribution in [0, 0.1) is 11.3 Å². The average Bonchev–Trinajstić information content (AvgIpc) is 2.68. The van der Waals surface area contributed by atoms with E-state index in [9.17, 15) is 13.6 Å². The number of alkyl halides is 2. The van der Waals surface area contributed by atoms with Crippen molar-refractivity contribution in [3.8, 4) is 0 Å². The smallest absolute Gasteiger partial charge is 0.249 e. The Morgan fingerprint density at radius 2 is 1.96 bits per heavy atom. The minimum atomic E-state index is -2.63. The van der Waals surface area contributed by atoms with Crippen molar-refractivity contribution in [3.63, 3.8) is 0 Å². The number of halogens is 2. The van der Waals surface area contributed by atoms with Gasteiger partial charge < -0.3 is 9.64 Å². The van der Waals surface area contributed by atoms with E-state index in [2.05, 4.69) is 11.5 Å². The van der Waals surface area contributed by atoms with E-state index in [-0.39, 0.29) is 24.2 Å². The van der Waals surface area contributed by atoms with E-state index in [1.54, 1.807) is 4.90 Å². The number of carbonyl (C=O) groups excluding carboxylic acids is 1. The van der Waals surface area contributed by atoms with Crippen LogP contribution in [-0.4, -0.2) is 67.6 Å². The largest absolute Gasteiger partial charge is 0.379 e. The molecule has 3 rings (SSSR count). The molecule has 2 heterocycles. The Bertz CT molecular complexity index is 454. The molecule has 0 bridgehead atoms. The van der Waals surface area contributed by atoms with E-state index in [0.717, 1.165) is 45.7 Å². The van der Waals surface area contributed by atoms with Crippen molar-refractivity contribution in [2.45, 2.75) is 31.6 Å². The lowest BCUT2D eigenvalue weighted by atomic mass is 9.76. The molecule has 1 amide bonds. The van der Waals surface area contributed by atoms with Crippen LogP contribution in [-0.2, 0) is 9.53 Å². The molecule has 3 aliphatic rings. The van der Waals surface area contributed by atoms with Crippen molar-refractivity contribution in [2.75, 3.05) is 45.9 Å². The highest BCUT2D eigenvalue weighted by molar-refractivity contribution is 5.80. The summed E-state index contributed by atoms with van der Waals surface area (Å²) in [4.78, 5) is 16.4. The third kappa shape index (κ3) is 3.74. The third-order valence-electron chi connectivity index (χ3n) is 5.48. The average molecular weight is 328 g/mol. The molecule has 1 spiro atoms. The Morgan fingerprint density at radius 3 is 2.57 bits per heavy atom. The lowest BCUT2D eigenvalue weighted by Gasteiger charge is -2.45. The van der Waals surface area contributed by atoms with Crippen molar-refractivity contribution >= 4 is 5.91 Å². The van der Waals surface area contributed by atoms with Gasteiger partial charge in [-0.05, 0) is 12.8 Å². The highest BCUT2D eigenvalue weighted by Gasteiger charge is 2.50. The summed E-state index contributed by atoms with van der Waals surface area (Å²) in [7, 11) is 0. The lowest BCUT2D eigenvalue weighted by molar-refractivity contribution is -0.162. The van der Waals surface area contributed by atoms with Gasteiger partial charge >= 0.3 is 0 Å². The van der Waals surface area contributed by atoms with Crippen LogP contribution in [0.25, 0.3) is 0 Å². The second-order valence-electron chi connectivity index (χ2n) is 7.36. The van der Waals surface area contributed by atoms with Gasteiger partial charge in [0.15, 0.2) is 0 Å². The maximum atomic E-state index is 13.0. The Hall–Kier alpha value is -1.01. The minimum absolute atomic E-state index is 0.0803. The highest BCUT2D eigenvalue weighted by Crippen LogP contribution is 2.44. The van der Waals surface area contributed by atoms with Crippen molar-refractivity contribution in [1.29, 1.82) is 0 Å². The van der Waals surface area contributed by atoms with Crippen molar-refractivity contribution in [1.82, 2.24) is 9.80 Å². The standard InChI is InChI=1S/C17H26F2N2O2/c1-2-5-20-8-9-23-13-16(12-20)3-6-21(7-4-16)15(22)14-10-17(18,19)11-14/h2,14H,1,3-13H2. The molecule has 3 fully saturated rings. The van der Waals surface area contributed by atoms with Crippen LogP contribution in [0.3, 0.4) is 0 Å². The van der Waals surface area contributed by atoms with Crippen molar-refractivity contribution in [2.24, 2.45) is 11.3 Å². The number of rotatable bonds is 3. The minimum Gasteiger partial charge on any atom is -0.379 e. The van der Waals surface area contributed by atoms with Gasteiger partial charge in [-0.15, -0.1) is 6.58 Å². The molecule has 1 aliphatic carbocycles. The molecule has 0 aromatic carbocycles. The van der Waals surface area contributed by atoms with Gasteiger partial charge in [0.25, 0.3) is 0 Å². The number of piperidine rings is 1. The summed E-state index contributed by atoms with van der Waals surface area (Å²) in [5, 5.41) is 0. The first-order chi connectivity index (χ1) is 10.9. The van der Waals surface area contributed by atoms with Gasteiger partial charge in [-0.2, -0.15) is 0 Å². The van der Waals surface area contributed by atoms with Crippen LogP contribution >= 0.6 is 0 Å². The molecule has 2 aliphatic heterocycles. The Labute approximate surface area is 136 Å². The monoisotopic (exact) mass is 328 g/mol. The van der Waals surface area contributed by atoms with Gasteiger partial charge in [-0.1, -0.05) is 6.08 Å². The normalized spacial score (nSPS) is 28.2. The van der Waals surface area contributed by atoms with E-state index in [4.69, 9.17) is 4.74 Å². The maximum absolute atomic E-state index is 13.0. The number of likely N-dealkylation sites (tertiary alicyclic amines) is 1. The van der Waals surface area contributed by atoms with Crippen LogP contribution < -0.4 is 0 Å². The van der Waals surface area contributed by atoms with Crippen LogP contribution in [0.1, 0.15) is 25.7 Å². The molecule has 0 radical (unpaired) electrons. The third-order valence-corrected chi connectivity index (χ3v) is 5.48. The fourth-order valence-electron chi connectivity index (χ4n) is 4.02. The molecule has 4 nitrogen and oxygen atoms in total. The first-order valence-electron chi connectivity index (χ1n) is 8.51. The predicted octanol–water partition coefficient (Wildman–Crippen LogP) is 2.16. The van der Waals surface area contributed by atoms with Crippen molar-refractivity contribution in [3.05, 3.63) is 12.7 Å². The Kier molecular flexibility index (Phi) is 4.74. The molecule has 0 aromatic heterocycles. The predicted molar refractivity (Wildman–Crippen MR) is 83.4 cm³/mol. The summed E-state index contributed by atoms with van der Waals surface area (Å²) in [6.45, 7) is 9.30. The summed E-state index contributed by atoms with van der Waals surface area (Å²) < 4.78 is 31.7. The first-order valence-corrected chi connectivity index (χ1v) is 8.51. The summed E-state index contributed by atoms with van der Waals surface area (Å²) >= 11 is 0. The number of ether oxygens (including phenoxy) is 1. The van der Waals surface area contributed by atoms with Gasteiger partial charge in [-0.25, -0.2) is 8.78 Å². The second-order valence-corrected chi connectivity index (χ2v) is 7.36. The number of hydrogen-bond donors (Lipinski definition) is 0. The topological polar surface area (TPSA) is 32.8 Å². The first kappa shape index (κ1) is 16.8. The summed E-state index contributed by atoms with van der Waals surface area (Å²) in [5.41, 5.74) is 0.0832. The van der Waals surface area contributed by atoms with Gasteiger partial charge in [-0.3, -0.25) is 9.69 Å². The molecular formula is C17H26F2N2O2. The molecule has 1 saturated carbocycles. The van der Waals surface area contributed by atoms with Crippen LogP contribution in [0.4, 0.5) is 8.78 Å². The molecule has 6 heteroatoms. The summed E-state index contributed by atoms with van der Waals surface area (Å²) in [5.74, 6) is -3.18. The lowest BCUT2D eigenvalue weighted by Crippen LogP contribution is -2.52. The van der Waals surface area contributed by atoms with Gasteiger partial charge in [0, 0.05) is 56.9 Å². The quantitative estimate of drug-likeness (QED) is 0.744. The zero-order valence-electron chi connectivity index (χ0n) is 13.6. The summed E-state index contributed by atoms with van der Waals surface area (Å²) in [6, 6.07) is 0. The molecule has 23 heavy (non-hydrogen) atoms. The molecule has 0 unspecified atom stereocenters. The highest BCUT2D eigenvalue weighted by atomic mass is 19.3. The second kappa shape index (κ2) is 6.48. The van der Waals surface area contributed by atoms with Crippen LogP contribution in [0.15, 0.2) is 12.7 Å². The molecule has 0 aromatic rings.